The van der Waals surface area contributed by atoms with E-state index in [9.17, 15) is 4.79 Å². The van der Waals surface area contributed by atoms with Crippen molar-refractivity contribution in [2.24, 2.45) is 0 Å². The summed E-state index contributed by atoms with van der Waals surface area (Å²) in [5.41, 5.74) is 0.775. The van der Waals surface area contributed by atoms with Gasteiger partial charge < -0.3 is 5.32 Å². The lowest BCUT2D eigenvalue weighted by Gasteiger charge is -2.04. The molecule has 0 aliphatic carbocycles. The van der Waals surface area contributed by atoms with E-state index in [2.05, 4.69) is 24.0 Å². The summed E-state index contributed by atoms with van der Waals surface area (Å²) in [6.07, 6.45) is 1.26. The largest absolute Gasteiger partial charge is 0.323 e. The number of rotatable bonds is 4. The molecule has 18 heavy (non-hydrogen) atoms. The molecule has 0 unspecified atom stereocenters. The Labute approximate surface area is 111 Å². The average molecular weight is 255 g/mol. The van der Waals surface area contributed by atoms with Gasteiger partial charge in [-0.3, -0.25) is 4.79 Å². The molecule has 1 N–H and O–H groups in total. The first-order valence-electron chi connectivity index (χ1n) is 5.54. The molecule has 90 valence electrons. The van der Waals surface area contributed by atoms with E-state index in [1.807, 2.05) is 42.5 Å². The molecule has 3 heteroatoms. The van der Waals surface area contributed by atoms with Gasteiger partial charge in [-0.15, -0.1) is 0 Å². The van der Waals surface area contributed by atoms with Gasteiger partial charge in [-0.05, 0) is 42.5 Å². The number of anilines is 1. The molecule has 2 aromatic rings. The lowest BCUT2D eigenvalue weighted by molar-refractivity contribution is -0.111. The molecule has 0 aliphatic rings. The molecule has 0 spiro atoms. The van der Waals surface area contributed by atoms with Gasteiger partial charge in [-0.25, -0.2) is 0 Å². The van der Waals surface area contributed by atoms with Crippen molar-refractivity contribution in [2.75, 3.05) is 5.32 Å². The van der Waals surface area contributed by atoms with Crippen LogP contribution in [0, 0.1) is 0 Å². The fourth-order valence-electron chi connectivity index (χ4n) is 1.42. The Bertz CT molecular complexity index is 534. The van der Waals surface area contributed by atoms with Crippen LogP contribution in [0.3, 0.4) is 0 Å². The summed E-state index contributed by atoms with van der Waals surface area (Å²) in [5, 5.41) is 2.72. The van der Waals surface area contributed by atoms with Crippen molar-refractivity contribution >= 4 is 23.4 Å². The monoisotopic (exact) mass is 255 g/mol. The fraction of sp³-hybridized carbons (Fsp3) is 0. The van der Waals surface area contributed by atoms with E-state index >= 15 is 0 Å². The number of hydrogen-bond donors (Lipinski definition) is 1. The Kier molecular flexibility index (Phi) is 4.20. The van der Waals surface area contributed by atoms with E-state index in [0.717, 1.165) is 10.6 Å². The van der Waals surface area contributed by atoms with Crippen LogP contribution in [0.4, 0.5) is 5.69 Å². The quantitative estimate of drug-likeness (QED) is 0.838. The van der Waals surface area contributed by atoms with Crippen LogP contribution in [0.2, 0.25) is 0 Å². The second-order valence-electron chi connectivity index (χ2n) is 3.63. The molecule has 2 rings (SSSR count). The van der Waals surface area contributed by atoms with Crippen LogP contribution >= 0.6 is 11.8 Å². The lowest BCUT2D eigenvalue weighted by Crippen LogP contribution is -2.06. The molecule has 0 saturated carbocycles. The van der Waals surface area contributed by atoms with Gasteiger partial charge in [0, 0.05) is 15.5 Å². The van der Waals surface area contributed by atoms with E-state index in [1.54, 1.807) is 11.8 Å². The zero-order chi connectivity index (χ0) is 12.8. The molecule has 0 saturated heterocycles. The Morgan fingerprint density at radius 3 is 2.22 bits per heavy atom. The van der Waals surface area contributed by atoms with Gasteiger partial charge in [-0.2, -0.15) is 0 Å². The summed E-state index contributed by atoms with van der Waals surface area (Å²) in [6, 6.07) is 17.9. The number of carbonyl (C=O) groups is 1. The van der Waals surface area contributed by atoms with Gasteiger partial charge in [0.1, 0.15) is 0 Å². The van der Waals surface area contributed by atoms with E-state index in [-0.39, 0.29) is 5.91 Å². The SMILES string of the molecule is C=CC(=O)Nc1ccc(Sc2ccccc2)cc1. The maximum absolute atomic E-state index is 11.1. The van der Waals surface area contributed by atoms with Crippen molar-refractivity contribution in [3.8, 4) is 0 Å². The van der Waals surface area contributed by atoms with Crippen LogP contribution in [-0.4, -0.2) is 5.91 Å². The molecule has 0 radical (unpaired) electrons. The molecule has 0 atom stereocenters. The van der Waals surface area contributed by atoms with Crippen LogP contribution in [0.5, 0.6) is 0 Å². The number of amides is 1. The number of hydrogen-bond acceptors (Lipinski definition) is 2. The zero-order valence-corrected chi connectivity index (χ0v) is 10.6. The molecule has 0 heterocycles. The first-order valence-corrected chi connectivity index (χ1v) is 6.36. The maximum Gasteiger partial charge on any atom is 0.247 e. The van der Waals surface area contributed by atoms with Crippen LogP contribution in [0.25, 0.3) is 0 Å². The van der Waals surface area contributed by atoms with Crippen molar-refractivity contribution < 1.29 is 4.79 Å². The lowest BCUT2D eigenvalue weighted by atomic mass is 10.3. The van der Waals surface area contributed by atoms with Gasteiger partial charge in [0.15, 0.2) is 0 Å². The molecule has 0 bridgehead atoms. The summed E-state index contributed by atoms with van der Waals surface area (Å²) >= 11 is 1.69. The molecule has 2 aromatic carbocycles. The Hall–Kier alpha value is -2.00. The predicted molar refractivity (Wildman–Crippen MR) is 75.8 cm³/mol. The van der Waals surface area contributed by atoms with Crippen molar-refractivity contribution in [1.29, 1.82) is 0 Å². The summed E-state index contributed by atoms with van der Waals surface area (Å²) in [6.45, 7) is 3.41. The highest BCUT2D eigenvalue weighted by atomic mass is 32.2. The number of nitrogens with one attached hydrogen (secondary N) is 1. The summed E-state index contributed by atoms with van der Waals surface area (Å²) in [7, 11) is 0. The first-order chi connectivity index (χ1) is 8.78. The molecule has 1 amide bonds. The van der Waals surface area contributed by atoms with E-state index in [1.165, 1.54) is 11.0 Å². The minimum absolute atomic E-state index is 0.196. The minimum atomic E-state index is -0.196. The molecule has 2 nitrogen and oxygen atoms in total. The summed E-state index contributed by atoms with van der Waals surface area (Å²) < 4.78 is 0. The van der Waals surface area contributed by atoms with Crippen LogP contribution in [0.15, 0.2) is 77.0 Å². The van der Waals surface area contributed by atoms with E-state index in [4.69, 9.17) is 0 Å². The average Bonchev–Trinajstić information content (AvgIpc) is 2.42. The van der Waals surface area contributed by atoms with Crippen LogP contribution < -0.4 is 5.32 Å². The highest BCUT2D eigenvalue weighted by Crippen LogP contribution is 2.28. The first kappa shape index (κ1) is 12.5. The van der Waals surface area contributed by atoms with Gasteiger partial charge >= 0.3 is 0 Å². The molecular formula is C15H13NOS. The standard InChI is InChI=1S/C15H13NOS/c1-2-15(17)16-12-8-10-14(11-9-12)18-13-6-4-3-5-7-13/h2-11H,1H2,(H,16,17). The van der Waals surface area contributed by atoms with Crippen molar-refractivity contribution in [3.63, 3.8) is 0 Å². The van der Waals surface area contributed by atoms with E-state index < -0.39 is 0 Å². The molecule has 0 aliphatic heterocycles. The van der Waals surface area contributed by atoms with Gasteiger partial charge in [-0.1, -0.05) is 36.5 Å². The van der Waals surface area contributed by atoms with Crippen LogP contribution in [0.1, 0.15) is 0 Å². The summed E-state index contributed by atoms with van der Waals surface area (Å²) in [5.74, 6) is -0.196. The Morgan fingerprint density at radius 1 is 1.00 bits per heavy atom. The minimum Gasteiger partial charge on any atom is -0.323 e. The summed E-state index contributed by atoms with van der Waals surface area (Å²) in [4.78, 5) is 13.5. The fourth-order valence-corrected chi connectivity index (χ4v) is 2.26. The highest BCUT2D eigenvalue weighted by molar-refractivity contribution is 7.99. The third kappa shape index (κ3) is 3.50. The predicted octanol–water partition coefficient (Wildman–Crippen LogP) is 3.96. The van der Waals surface area contributed by atoms with Crippen molar-refractivity contribution in [2.45, 2.75) is 9.79 Å². The Balaban J connectivity index is 2.04. The third-order valence-corrected chi connectivity index (χ3v) is 3.30. The molecule has 0 aromatic heterocycles. The van der Waals surface area contributed by atoms with Crippen molar-refractivity contribution in [1.82, 2.24) is 0 Å². The topological polar surface area (TPSA) is 29.1 Å². The maximum atomic E-state index is 11.1. The Morgan fingerprint density at radius 2 is 1.61 bits per heavy atom. The number of benzene rings is 2. The number of carbonyl (C=O) groups excluding carboxylic acids is 1. The zero-order valence-electron chi connectivity index (χ0n) is 9.80. The van der Waals surface area contributed by atoms with Gasteiger partial charge in [0.2, 0.25) is 5.91 Å². The van der Waals surface area contributed by atoms with E-state index in [0.29, 0.717) is 0 Å². The normalized spacial score (nSPS) is 9.78. The van der Waals surface area contributed by atoms with Gasteiger partial charge in [0.25, 0.3) is 0 Å². The highest BCUT2D eigenvalue weighted by Gasteiger charge is 1.99. The van der Waals surface area contributed by atoms with Gasteiger partial charge in [0.05, 0.1) is 0 Å². The second kappa shape index (κ2) is 6.07. The third-order valence-electron chi connectivity index (χ3n) is 2.29. The second-order valence-corrected chi connectivity index (χ2v) is 4.78. The van der Waals surface area contributed by atoms with Crippen LogP contribution in [-0.2, 0) is 4.79 Å². The molecular weight excluding hydrogens is 242 g/mol. The van der Waals surface area contributed by atoms with Crippen molar-refractivity contribution in [3.05, 3.63) is 67.3 Å². The smallest absolute Gasteiger partial charge is 0.247 e. The molecule has 0 fully saturated rings.